The normalized spacial score (nSPS) is 51.7. The summed E-state index contributed by atoms with van der Waals surface area (Å²) >= 11 is 0. The number of carbonyl (C=O) groups excluding carboxylic acids is 2. The van der Waals surface area contributed by atoms with Gasteiger partial charge in [0.25, 0.3) is 0 Å². The van der Waals surface area contributed by atoms with Crippen LogP contribution in [0.5, 0.6) is 0 Å². The van der Waals surface area contributed by atoms with E-state index in [-0.39, 0.29) is 34.6 Å². The van der Waals surface area contributed by atoms with E-state index in [1.165, 1.54) is 0 Å². The summed E-state index contributed by atoms with van der Waals surface area (Å²) in [6, 6.07) is 0. The molecule has 0 aromatic carbocycles. The summed E-state index contributed by atoms with van der Waals surface area (Å²) < 4.78 is 5.97. The second-order valence-electron chi connectivity index (χ2n) is 9.07. The second kappa shape index (κ2) is 5.52. The molecule has 0 aromatic heterocycles. The van der Waals surface area contributed by atoms with Crippen molar-refractivity contribution >= 4 is 11.6 Å². The molecule has 3 rings (SSSR count). The van der Waals surface area contributed by atoms with E-state index in [0.29, 0.717) is 24.5 Å². The monoisotopic (exact) mass is 332 g/mol. The zero-order valence-electron chi connectivity index (χ0n) is 15.9. The number of Topliss-reactive ketones (excluding diaryl/α,β-unsaturated/α-hetero) is 2. The minimum atomic E-state index is -0.581. The van der Waals surface area contributed by atoms with Gasteiger partial charge in [-0.2, -0.15) is 0 Å². The van der Waals surface area contributed by atoms with E-state index >= 15 is 0 Å². The smallest absolute Gasteiger partial charge is 0.145 e. The van der Waals surface area contributed by atoms with Crippen molar-refractivity contribution in [1.82, 2.24) is 0 Å². The van der Waals surface area contributed by atoms with Crippen LogP contribution >= 0.6 is 0 Å². The molecule has 3 nitrogen and oxygen atoms in total. The van der Waals surface area contributed by atoms with Crippen LogP contribution < -0.4 is 0 Å². The average Bonchev–Trinajstić information content (AvgIpc) is 2.92. The quantitative estimate of drug-likeness (QED) is 0.712. The SMILES string of the molecule is C=C[C@]1(C)C[C@@H](OC)C2(C)C(C)CCC3(CCC(=O)C32)[C@@H](C)C1=O. The van der Waals surface area contributed by atoms with Crippen molar-refractivity contribution in [3.05, 3.63) is 12.7 Å². The Morgan fingerprint density at radius 1 is 1.21 bits per heavy atom. The van der Waals surface area contributed by atoms with E-state index in [1.807, 2.05) is 13.0 Å². The Morgan fingerprint density at radius 3 is 2.46 bits per heavy atom. The number of carbonyl (C=O) groups is 2. The Morgan fingerprint density at radius 2 is 1.88 bits per heavy atom. The van der Waals surface area contributed by atoms with Gasteiger partial charge < -0.3 is 4.74 Å². The fraction of sp³-hybridized carbons (Fsp3) is 0.810. The first-order valence-corrected chi connectivity index (χ1v) is 9.41. The van der Waals surface area contributed by atoms with Crippen LogP contribution in [0.4, 0.5) is 0 Å². The molecule has 134 valence electrons. The average molecular weight is 332 g/mol. The molecule has 7 atom stereocenters. The van der Waals surface area contributed by atoms with Crippen molar-refractivity contribution in [2.75, 3.05) is 7.11 Å². The van der Waals surface area contributed by atoms with Crippen molar-refractivity contribution in [3.63, 3.8) is 0 Å². The molecule has 24 heavy (non-hydrogen) atoms. The number of hydrogen-bond donors (Lipinski definition) is 0. The molecular weight excluding hydrogens is 300 g/mol. The third kappa shape index (κ3) is 2.00. The molecule has 3 fully saturated rings. The van der Waals surface area contributed by atoms with Crippen molar-refractivity contribution < 1.29 is 14.3 Å². The lowest BCUT2D eigenvalue weighted by atomic mass is 9.44. The molecule has 0 saturated heterocycles. The van der Waals surface area contributed by atoms with Gasteiger partial charge >= 0.3 is 0 Å². The molecule has 3 aliphatic rings. The lowest BCUT2D eigenvalue weighted by Gasteiger charge is -2.60. The predicted molar refractivity (Wildman–Crippen MR) is 94.6 cm³/mol. The van der Waals surface area contributed by atoms with Gasteiger partial charge in [0.2, 0.25) is 0 Å². The number of allylic oxidation sites excluding steroid dienone is 1. The Kier molecular flexibility index (Phi) is 4.11. The van der Waals surface area contributed by atoms with Gasteiger partial charge in [0.1, 0.15) is 11.6 Å². The van der Waals surface area contributed by atoms with Gasteiger partial charge in [0.15, 0.2) is 0 Å². The van der Waals surface area contributed by atoms with Gasteiger partial charge in [-0.05, 0) is 43.9 Å². The van der Waals surface area contributed by atoms with Crippen molar-refractivity contribution in [2.24, 2.45) is 34.0 Å². The van der Waals surface area contributed by atoms with Crippen molar-refractivity contribution in [1.29, 1.82) is 0 Å². The number of ketones is 2. The lowest BCUT2D eigenvalue weighted by molar-refractivity contribution is -0.180. The third-order valence-electron chi connectivity index (χ3n) is 8.32. The summed E-state index contributed by atoms with van der Waals surface area (Å²) in [6.45, 7) is 12.6. The van der Waals surface area contributed by atoms with E-state index in [9.17, 15) is 9.59 Å². The minimum absolute atomic E-state index is 0.0491. The molecule has 3 saturated carbocycles. The minimum Gasteiger partial charge on any atom is -0.381 e. The highest BCUT2D eigenvalue weighted by Gasteiger charge is 2.67. The molecule has 0 aromatic rings. The standard InChI is InChI=1S/C21H32O3/c1-7-19(4)12-16(24-6)20(5)13(2)8-10-21(14(3)18(19)23)11-9-15(22)17(20)21/h7,13-14,16-17H,1,8-12H2,2-6H3/t13?,14-,16+,17?,19+,20?,21?/m0/s1. The maximum absolute atomic E-state index is 13.4. The molecule has 4 unspecified atom stereocenters. The summed E-state index contributed by atoms with van der Waals surface area (Å²) in [4.78, 5) is 26.4. The topological polar surface area (TPSA) is 43.4 Å². The van der Waals surface area contributed by atoms with Gasteiger partial charge in [-0.25, -0.2) is 0 Å². The van der Waals surface area contributed by atoms with Gasteiger partial charge in [0.05, 0.1) is 6.10 Å². The fourth-order valence-corrected chi connectivity index (χ4v) is 6.45. The van der Waals surface area contributed by atoms with E-state index in [4.69, 9.17) is 4.74 Å². The van der Waals surface area contributed by atoms with E-state index in [0.717, 1.165) is 19.3 Å². The van der Waals surface area contributed by atoms with Gasteiger partial charge in [-0.3, -0.25) is 9.59 Å². The summed E-state index contributed by atoms with van der Waals surface area (Å²) in [6.07, 6.45) is 5.87. The first-order valence-electron chi connectivity index (χ1n) is 9.41. The van der Waals surface area contributed by atoms with Crippen LogP contribution in [0.1, 0.15) is 59.8 Å². The number of ether oxygens (including phenoxy) is 1. The second-order valence-corrected chi connectivity index (χ2v) is 9.07. The Balaban J connectivity index is 2.24. The maximum atomic E-state index is 13.4. The summed E-state index contributed by atoms with van der Waals surface area (Å²) in [5.41, 5.74) is -0.973. The summed E-state index contributed by atoms with van der Waals surface area (Å²) in [5, 5.41) is 0. The van der Waals surface area contributed by atoms with Crippen molar-refractivity contribution in [3.8, 4) is 0 Å². The van der Waals surface area contributed by atoms with Crippen LogP contribution in [0.3, 0.4) is 0 Å². The third-order valence-corrected chi connectivity index (χ3v) is 8.32. The molecule has 0 spiro atoms. The van der Waals surface area contributed by atoms with Crippen LogP contribution in [-0.4, -0.2) is 24.8 Å². The molecule has 0 amide bonds. The van der Waals surface area contributed by atoms with E-state index in [1.54, 1.807) is 7.11 Å². The zero-order valence-corrected chi connectivity index (χ0v) is 15.9. The van der Waals surface area contributed by atoms with Crippen LogP contribution in [0.15, 0.2) is 12.7 Å². The molecule has 0 radical (unpaired) electrons. The molecule has 3 aliphatic carbocycles. The van der Waals surface area contributed by atoms with Crippen LogP contribution in [0, 0.1) is 34.0 Å². The highest BCUT2D eigenvalue weighted by Crippen LogP contribution is 2.67. The number of hydrogen-bond acceptors (Lipinski definition) is 3. The maximum Gasteiger partial charge on any atom is 0.145 e. The van der Waals surface area contributed by atoms with Gasteiger partial charge in [-0.15, -0.1) is 6.58 Å². The Bertz CT molecular complexity index is 582. The highest BCUT2D eigenvalue weighted by molar-refractivity contribution is 5.92. The van der Waals surface area contributed by atoms with Crippen molar-refractivity contribution in [2.45, 2.75) is 65.9 Å². The molecule has 0 heterocycles. The van der Waals surface area contributed by atoms with Crippen LogP contribution in [-0.2, 0) is 14.3 Å². The van der Waals surface area contributed by atoms with E-state index < -0.39 is 5.41 Å². The first kappa shape index (κ1) is 17.8. The van der Waals surface area contributed by atoms with E-state index in [2.05, 4.69) is 27.4 Å². The summed E-state index contributed by atoms with van der Waals surface area (Å²) in [5.74, 6) is 0.870. The Labute approximate surface area is 146 Å². The van der Waals surface area contributed by atoms with Gasteiger partial charge in [0, 0.05) is 36.2 Å². The molecule has 3 heteroatoms. The van der Waals surface area contributed by atoms with Gasteiger partial charge in [-0.1, -0.05) is 26.8 Å². The van der Waals surface area contributed by atoms with Crippen LogP contribution in [0.2, 0.25) is 0 Å². The molecule has 2 bridgehead atoms. The number of methoxy groups -OCH3 is 1. The predicted octanol–water partition coefficient (Wildman–Crippen LogP) is 4.20. The largest absolute Gasteiger partial charge is 0.381 e. The first-order chi connectivity index (χ1) is 11.2. The zero-order chi connectivity index (χ0) is 17.9. The highest BCUT2D eigenvalue weighted by atomic mass is 16.5. The molecule has 0 N–H and O–H groups in total. The lowest BCUT2D eigenvalue weighted by Crippen LogP contribution is -2.61. The molecular formula is C21H32O3. The summed E-state index contributed by atoms with van der Waals surface area (Å²) in [7, 11) is 1.73. The Hall–Kier alpha value is -0.960. The number of rotatable bonds is 2. The molecule has 0 aliphatic heterocycles. The fourth-order valence-electron chi connectivity index (χ4n) is 6.45. The van der Waals surface area contributed by atoms with Crippen LogP contribution in [0.25, 0.3) is 0 Å².